The topological polar surface area (TPSA) is 34.1 Å². The molecule has 0 bridgehead atoms. The molecule has 0 N–H and O–H groups in total. The summed E-state index contributed by atoms with van der Waals surface area (Å²) in [6.07, 6.45) is 2.14. The molecule has 1 aliphatic rings. The average molecular weight is 327 g/mol. The molecular formula is C16H16ClFO2S. The average Bonchev–Trinajstić information content (AvgIpc) is 2.47. The predicted molar refractivity (Wildman–Crippen MR) is 83.9 cm³/mol. The van der Waals surface area contributed by atoms with Crippen LogP contribution in [0.3, 0.4) is 0 Å². The third-order valence-electron chi connectivity index (χ3n) is 4.16. The highest BCUT2D eigenvalue weighted by atomic mass is 35.5. The maximum atomic E-state index is 13.9. The SMILES string of the molecule is O=S1(=O)CCCCC1C(Cl)c1ccc(F)c2ccccc12. The van der Waals surface area contributed by atoms with E-state index in [4.69, 9.17) is 11.6 Å². The minimum Gasteiger partial charge on any atom is -0.228 e. The van der Waals surface area contributed by atoms with Gasteiger partial charge in [-0.2, -0.15) is 0 Å². The van der Waals surface area contributed by atoms with Crippen LogP contribution >= 0.6 is 11.6 Å². The van der Waals surface area contributed by atoms with E-state index in [9.17, 15) is 12.8 Å². The van der Waals surface area contributed by atoms with Crippen molar-refractivity contribution in [1.82, 2.24) is 0 Å². The third-order valence-corrected chi connectivity index (χ3v) is 7.13. The second kappa shape index (κ2) is 5.58. The summed E-state index contributed by atoms with van der Waals surface area (Å²) < 4.78 is 38.3. The molecule has 0 aromatic heterocycles. The Morgan fingerprint density at radius 3 is 2.52 bits per heavy atom. The van der Waals surface area contributed by atoms with Crippen LogP contribution in [-0.4, -0.2) is 19.4 Å². The lowest BCUT2D eigenvalue weighted by atomic mass is 9.98. The van der Waals surface area contributed by atoms with Crippen LogP contribution in [0.5, 0.6) is 0 Å². The first-order chi connectivity index (χ1) is 10.0. The van der Waals surface area contributed by atoms with Crippen LogP contribution < -0.4 is 0 Å². The number of sulfone groups is 1. The van der Waals surface area contributed by atoms with E-state index in [1.165, 1.54) is 6.07 Å². The van der Waals surface area contributed by atoms with Crippen molar-refractivity contribution in [3.8, 4) is 0 Å². The number of halogens is 2. The summed E-state index contributed by atoms with van der Waals surface area (Å²) in [7, 11) is -3.18. The van der Waals surface area contributed by atoms with Gasteiger partial charge in [0.1, 0.15) is 5.82 Å². The maximum Gasteiger partial charge on any atom is 0.154 e. The van der Waals surface area contributed by atoms with Crippen LogP contribution in [-0.2, 0) is 9.84 Å². The van der Waals surface area contributed by atoms with Crippen LogP contribution in [0.2, 0.25) is 0 Å². The fourth-order valence-corrected chi connectivity index (χ4v) is 5.77. The van der Waals surface area contributed by atoms with Gasteiger partial charge in [-0.05, 0) is 29.9 Å². The van der Waals surface area contributed by atoms with Gasteiger partial charge in [-0.3, -0.25) is 0 Å². The standard InChI is InChI=1S/C16H16ClFO2S/c17-16(15-7-3-4-10-21(15,19)20)13-8-9-14(18)12-6-2-1-5-11(12)13/h1-2,5-6,8-9,15-16H,3-4,7,10H2. The lowest BCUT2D eigenvalue weighted by Crippen LogP contribution is -2.32. The zero-order valence-corrected chi connectivity index (χ0v) is 13.0. The van der Waals surface area contributed by atoms with Gasteiger partial charge in [-0.25, -0.2) is 12.8 Å². The zero-order chi connectivity index (χ0) is 15.0. The quantitative estimate of drug-likeness (QED) is 0.774. The van der Waals surface area contributed by atoms with Gasteiger partial charge in [-0.1, -0.05) is 36.8 Å². The van der Waals surface area contributed by atoms with Gasteiger partial charge in [0, 0.05) is 5.39 Å². The molecule has 21 heavy (non-hydrogen) atoms. The summed E-state index contributed by atoms with van der Waals surface area (Å²) in [5, 5.41) is -0.0466. The molecule has 2 atom stereocenters. The Hall–Kier alpha value is -1.13. The highest BCUT2D eigenvalue weighted by Gasteiger charge is 2.36. The highest BCUT2D eigenvalue weighted by Crippen LogP contribution is 2.38. The monoisotopic (exact) mass is 326 g/mol. The lowest BCUT2D eigenvalue weighted by molar-refractivity contribution is 0.534. The molecule has 5 heteroatoms. The summed E-state index contributed by atoms with van der Waals surface area (Å²) in [4.78, 5) is 0. The number of benzene rings is 2. The van der Waals surface area contributed by atoms with E-state index in [1.54, 1.807) is 24.3 Å². The van der Waals surface area contributed by atoms with Gasteiger partial charge >= 0.3 is 0 Å². The summed E-state index contributed by atoms with van der Waals surface area (Å²) in [5.74, 6) is -0.121. The number of fused-ring (bicyclic) bond motifs is 1. The van der Waals surface area contributed by atoms with Crippen molar-refractivity contribution in [2.24, 2.45) is 0 Å². The molecule has 0 radical (unpaired) electrons. The molecule has 2 nitrogen and oxygen atoms in total. The molecule has 2 aromatic rings. The van der Waals surface area contributed by atoms with Crippen molar-refractivity contribution in [2.45, 2.75) is 29.9 Å². The minimum atomic E-state index is -3.18. The van der Waals surface area contributed by atoms with E-state index in [0.717, 1.165) is 6.42 Å². The molecular weight excluding hydrogens is 311 g/mol. The molecule has 0 aliphatic carbocycles. The van der Waals surface area contributed by atoms with E-state index in [-0.39, 0.29) is 11.6 Å². The van der Waals surface area contributed by atoms with Crippen molar-refractivity contribution in [3.63, 3.8) is 0 Å². The maximum absolute atomic E-state index is 13.9. The lowest BCUT2D eigenvalue weighted by Gasteiger charge is -2.27. The number of alkyl halides is 1. The van der Waals surface area contributed by atoms with Crippen LogP contribution in [0.15, 0.2) is 36.4 Å². The van der Waals surface area contributed by atoms with Gasteiger partial charge in [0.05, 0.1) is 16.4 Å². The minimum absolute atomic E-state index is 0.194. The number of hydrogen-bond acceptors (Lipinski definition) is 2. The first kappa shape index (κ1) is 14.8. The summed E-state index contributed by atoms with van der Waals surface area (Å²) in [6.45, 7) is 0. The van der Waals surface area contributed by atoms with Gasteiger partial charge in [0.2, 0.25) is 0 Å². The van der Waals surface area contributed by atoms with Crippen LogP contribution in [0.4, 0.5) is 4.39 Å². The van der Waals surface area contributed by atoms with E-state index in [2.05, 4.69) is 0 Å². The Kier molecular flexibility index (Phi) is 3.93. The molecule has 0 saturated carbocycles. The Balaban J connectivity index is 2.10. The third kappa shape index (κ3) is 2.67. The fraction of sp³-hybridized carbons (Fsp3) is 0.375. The Morgan fingerprint density at radius 1 is 1.10 bits per heavy atom. The van der Waals surface area contributed by atoms with Crippen LogP contribution in [0.1, 0.15) is 30.2 Å². The summed E-state index contributed by atoms with van der Waals surface area (Å²) in [6, 6.07) is 10.0. The largest absolute Gasteiger partial charge is 0.228 e. The predicted octanol–water partition coefficient (Wildman–Crippen LogP) is 4.23. The van der Waals surface area contributed by atoms with Gasteiger partial charge in [0.15, 0.2) is 9.84 Å². The first-order valence-electron chi connectivity index (χ1n) is 7.03. The molecule has 0 spiro atoms. The van der Waals surface area contributed by atoms with Gasteiger partial charge < -0.3 is 0 Å². The normalized spacial score (nSPS) is 23.0. The Labute approximate surface area is 128 Å². The number of rotatable bonds is 2. The summed E-state index contributed by atoms with van der Waals surface area (Å²) in [5.41, 5.74) is 0.698. The van der Waals surface area contributed by atoms with Crippen molar-refractivity contribution in [1.29, 1.82) is 0 Å². The highest BCUT2D eigenvalue weighted by molar-refractivity contribution is 7.92. The molecule has 1 aliphatic heterocycles. The molecule has 2 unspecified atom stereocenters. The van der Waals surface area contributed by atoms with Crippen LogP contribution in [0, 0.1) is 5.82 Å². The molecule has 2 aromatic carbocycles. The summed E-state index contributed by atoms with van der Waals surface area (Å²) >= 11 is 6.50. The van der Waals surface area contributed by atoms with Crippen molar-refractivity contribution in [3.05, 3.63) is 47.8 Å². The first-order valence-corrected chi connectivity index (χ1v) is 9.19. The second-order valence-corrected chi connectivity index (χ2v) is 8.29. The van der Waals surface area contributed by atoms with E-state index in [0.29, 0.717) is 29.2 Å². The van der Waals surface area contributed by atoms with Gasteiger partial charge in [-0.15, -0.1) is 11.6 Å². The van der Waals surface area contributed by atoms with Crippen LogP contribution in [0.25, 0.3) is 10.8 Å². The van der Waals surface area contributed by atoms with Crippen molar-refractivity contribution < 1.29 is 12.8 Å². The molecule has 112 valence electrons. The molecule has 1 fully saturated rings. The molecule has 1 saturated heterocycles. The smallest absolute Gasteiger partial charge is 0.154 e. The van der Waals surface area contributed by atoms with E-state index < -0.39 is 20.5 Å². The number of hydrogen-bond donors (Lipinski definition) is 0. The Morgan fingerprint density at radius 2 is 1.81 bits per heavy atom. The van der Waals surface area contributed by atoms with E-state index >= 15 is 0 Å². The fourth-order valence-electron chi connectivity index (χ4n) is 3.03. The second-order valence-electron chi connectivity index (χ2n) is 5.49. The molecule has 1 heterocycles. The van der Waals surface area contributed by atoms with Crippen molar-refractivity contribution >= 4 is 32.2 Å². The molecule has 0 amide bonds. The Bertz CT molecular complexity index is 773. The van der Waals surface area contributed by atoms with Gasteiger partial charge in [0.25, 0.3) is 0 Å². The zero-order valence-electron chi connectivity index (χ0n) is 11.4. The van der Waals surface area contributed by atoms with E-state index in [1.807, 2.05) is 6.07 Å². The molecule has 3 rings (SSSR count). The van der Waals surface area contributed by atoms with Crippen molar-refractivity contribution in [2.75, 3.05) is 5.75 Å².